The largest absolute Gasteiger partial charge is 0.449 e. The van der Waals surface area contributed by atoms with Crippen molar-refractivity contribution in [3.63, 3.8) is 0 Å². The highest BCUT2D eigenvalue weighted by molar-refractivity contribution is 7.98. The molecular weight excluding hydrogens is 423 g/mol. The number of aryl methyl sites for hydroxylation is 1. The van der Waals surface area contributed by atoms with Gasteiger partial charge in [0.2, 0.25) is 0 Å². The number of esters is 1. The predicted octanol–water partition coefficient (Wildman–Crippen LogP) is 4.74. The molecule has 0 radical (unpaired) electrons. The van der Waals surface area contributed by atoms with Crippen molar-refractivity contribution < 1.29 is 18.7 Å². The van der Waals surface area contributed by atoms with Crippen LogP contribution in [0, 0.1) is 12.7 Å². The summed E-state index contributed by atoms with van der Waals surface area (Å²) in [4.78, 5) is 29.9. The van der Waals surface area contributed by atoms with Gasteiger partial charge in [0.1, 0.15) is 5.82 Å². The third-order valence-corrected chi connectivity index (χ3v) is 6.04. The molecule has 0 aliphatic heterocycles. The number of hydrogen-bond acceptors (Lipinski definition) is 6. The molecule has 0 spiro atoms. The number of nitrogens with one attached hydrogen (secondary N) is 1. The maximum Gasteiger partial charge on any atom is 0.338 e. The Morgan fingerprint density at radius 3 is 2.50 bits per heavy atom. The summed E-state index contributed by atoms with van der Waals surface area (Å²) in [5, 5.41) is 5.75. The van der Waals surface area contributed by atoms with E-state index in [1.165, 1.54) is 19.1 Å². The zero-order valence-electron chi connectivity index (χ0n) is 16.6. The normalized spacial score (nSPS) is 11.7. The molecule has 8 heteroatoms. The van der Waals surface area contributed by atoms with Gasteiger partial charge in [0, 0.05) is 22.6 Å². The second-order valence-electron chi connectivity index (χ2n) is 6.56. The van der Waals surface area contributed by atoms with Crippen molar-refractivity contribution in [1.29, 1.82) is 0 Å². The number of halogens is 1. The van der Waals surface area contributed by atoms with E-state index in [2.05, 4.69) is 10.3 Å². The summed E-state index contributed by atoms with van der Waals surface area (Å²) in [6, 6.07) is 12.9. The molecule has 0 fully saturated rings. The molecule has 0 saturated carbocycles. The van der Waals surface area contributed by atoms with Gasteiger partial charge in [0.15, 0.2) is 6.10 Å². The first kappa shape index (κ1) is 22.0. The summed E-state index contributed by atoms with van der Waals surface area (Å²) in [5.74, 6) is -0.557. The van der Waals surface area contributed by atoms with Crippen LogP contribution in [0.1, 0.15) is 33.5 Å². The van der Waals surface area contributed by atoms with E-state index in [0.717, 1.165) is 26.9 Å². The van der Waals surface area contributed by atoms with Crippen LogP contribution >= 0.6 is 23.1 Å². The molecular formula is C22H21FN2O3S2. The fraction of sp³-hybridized carbons (Fsp3) is 0.227. The number of thiazole rings is 1. The van der Waals surface area contributed by atoms with E-state index in [0.29, 0.717) is 5.56 Å². The van der Waals surface area contributed by atoms with Gasteiger partial charge in [-0.1, -0.05) is 12.1 Å². The average Bonchev–Trinajstić information content (AvgIpc) is 3.17. The third kappa shape index (κ3) is 6.40. The van der Waals surface area contributed by atoms with Crippen molar-refractivity contribution in [3.05, 3.63) is 81.6 Å². The number of hydrogen-bond donors (Lipinski definition) is 1. The minimum Gasteiger partial charge on any atom is -0.449 e. The first-order valence-electron chi connectivity index (χ1n) is 9.27. The summed E-state index contributed by atoms with van der Waals surface area (Å²) < 4.78 is 18.2. The van der Waals surface area contributed by atoms with E-state index in [1.807, 2.05) is 24.4 Å². The first-order valence-corrected chi connectivity index (χ1v) is 11.1. The second-order valence-corrected chi connectivity index (χ2v) is 8.67. The van der Waals surface area contributed by atoms with Crippen molar-refractivity contribution in [3.8, 4) is 0 Å². The summed E-state index contributed by atoms with van der Waals surface area (Å²) in [5.41, 5.74) is 2.16. The van der Waals surface area contributed by atoms with Crippen molar-refractivity contribution in [1.82, 2.24) is 10.3 Å². The summed E-state index contributed by atoms with van der Waals surface area (Å²) in [7, 11) is 0. The monoisotopic (exact) mass is 444 g/mol. The molecule has 0 bridgehead atoms. The lowest BCUT2D eigenvalue weighted by Crippen LogP contribution is -2.35. The fourth-order valence-corrected chi connectivity index (χ4v) is 4.05. The van der Waals surface area contributed by atoms with E-state index in [1.54, 1.807) is 47.4 Å². The lowest BCUT2D eigenvalue weighted by atomic mass is 10.2. The number of benzene rings is 2. The minimum atomic E-state index is -0.945. The van der Waals surface area contributed by atoms with Crippen molar-refractivity contribution in [2.75, 3.05) is 0 Å². The zero-order chi connectivity index (χ0) is 21.5. The van der Waals surface area contributed by atoms with E-state index >= 15 is 0 Å². The number of amides is 1. The molecule has 1 unspecified atom stereocenters. The standard InChI is InChI=1S/C22H21FN2O3S2/c1-14(21(26)24-11-16-3-7-18(23)8-4-16)28-22(27)17-5-9-20(10-6-17)30-13-19-12-29-15(2)25-19/h3-10,12,14H,11,13H2,1-2H3,(H,24,26). The number of rotatable bonds is 8. The molecule has 1 N–H and O–H groups in total. The second kappa shape index (κ2) is 10.4. The Morgan fingerprint density at radius 2 is 1.87 bits per heavy atom. The van der Waals surface area contributed by atoms with Crippen molar-refractivity contribution in [2.24, 2.45) is 0 Å². The number of ether oxygens (including phenoxy) is 1. The van der Waals surface area contributed by atoms with Crippen LogP contribution in [0.15, 0.2) is 58.8 Å². The van der Waals surface area contributed by atoms with Gasteiger partial charge < -0.3 is 10.1 Å². The van der Waals surface area contributed by atoms with E-state index in [-0.39, 0.29) is 12.4 Å². The lowest BCUT2D eigenvalue weighted by molar-refractivity contribution is -0.129. The van der Waals surface area contributed by atoms with Crippen LogP contribution in [0.5, 0.6) is 0 Å². The van der Waals surface area contributed by atoms with Crippen LogP contribution in [-0.2, 0) is 21.8 Å². The Kier molecular flexibility index (Phi) is 7.59. The van der Waals surface area contributed by atoms with Crippen molar-refractivity contribution in [2.45, 2.75) is 37.1 Å². The predicted molar refractivity (Wildman–Crippen MR) is 116 cm³/mol. The molecule has 1 atom stereocenters. The van der Waals surface area contributed by atoms with E-state index < -0.39 is 18.0 Å². The summed E-state index contributed by atoms with van der Waals surface area (Å²) >= 11 is 3.26. The Hall–Kier alpha value is -2.71. The molecule has 3 aromatic rings. The number of carbonyl (C=O) groups is 2. The Morgan fingerprint density at radius 1 is 1.17 bits per heavy atom. The first-order chi connectivity index (χ1) is 14.4. The highest BCUT2D eigenvalue weighted by Gasteiger charge is 2.18. The molecule has 5 nitrogen and oxygen atoms in total. The molecule has 0 aliphatic carbocycles. The highest BCUT2D eigenvalue weighted by atomic mass is 32.2. The van der Waals surface area contributed by atoms with Crippen LogP contribution in [0.3, 0.4) is 0 Å². The van der Waals surface area contributed by atoms with E-state index in [4.69, 9.17) is 4.74 Å². The molecule has 156 valence electrons. The van der Waals surface area contributed by atoms with Gasteiger partial charge in [0.05, 0.1) is 16.3 Å². The van der Waals surface area contributed by atoms with E-state index in [9.17, 15) is 14.0 Å². The van der Waals surface area contributed by atoms with Gasteiger partial charge in [-0.3, -0.25) is 4.79 Å². The van der Waals surface area contributed by atoms with Gasteiger partial charge >= 0.3 is 5.97 Å². The maximum absolute atomic E-state index is 12.9. The van der Waals surface area contributed by atoms with Gasteiger partial charge in [-0.05, 0) is 55.8 Å². The molecule has 1 aromatic heterocycles. The number of nitrogens with zero attached hydrogens (tertiary/aromatic N) is 1. The van der Waals surface area contributed by atoms with Crippen LogP contribution in [0.2, 0.25) is 0 Å². The lowest BCUT2D eigenvalue weighted by Gasteiger charge is -2.14. The third-order valence-electron chi connectivity index (χ3n) is 4.18. The Labute approximate surface area is 182 Å². The highest BCUT2D eigenvalue weighted by Crippen LogP contribution is 2.24. The fourth-order valence-electron chi connectivity index (χ4n) is 2.54. The number of aromatic nitrogens is 1. The number of thioether (sulfide) groups is 1. The maximum atomic E-state index is 12.9. The van der Waals surface area contributed by atoms with Gasteiger partial charge in [-0.2, -0.15) is 0 Å². The molecule has 3 rings (SSSR count). The molecule has 0 aliphatic rings. The van der Waals surface area contributed by atoms with Crippen LogP contribution in [-0.4, -0.2) is 23.0 Å². The minimum absolute atomic E-state index is 0.228. The molecule has 1 amide bonds. The zero-order valence-corrected chi connectivity index (χ0v) is 18.2. The summed E-state index contributed by atoms with van der Waals surface area (Å²) in [6.45, 7) is 3.71. The molecule has 0 saturated heterocycles. The van der Waals surface area contributed by atoms with Gasteiger partial charge in [0.25, 0.3) is 5.91 Å². The number of carbonyl (C=O) groups excluding carboxylic acids is 2. The van der Waals surface area contributed by atoms with Gasteiger partial charge in [-0.15, -0.1) is 23.1 Å². The van der Waals surface area contributed by atoms with Crippen LogP contribution in [0.4, 0.5) is 4.39 Å². The quantitative estimate of drug-likeness (QED) is 0.401. The molecule has 30 heavy (non-hydrogen) atoms. The summed E-state index contributed by atoms with van der Waals surface area (Å²) in [6.07, 6.45) is -0.945. The van der Waals surface area contributed by atoms with Crippen molar-refractivity contribution >= 4 is 35.0 Å². The smallest absolute Gasteiger partial charge is 0.338 e. The average molecular weight is 445 g/mol. The molecule has 2 aromatic carbocycles. The topological polar surface area (TPSA) is 68.3 Å². The molecule has 1 heterocycles. The van der Waals surface area contributed by atoms with Gasteiger partial charge in [-0.25, -0.2) is 14.2 Å². The van der Waals surface area contributed by atoms with Crippen LogP contribution < -0.4 is 5.32 Å². The Bertz CT molecular complexity index is 1000. The Balaban J connectivity index is 1.46. The van der Waals surface area contributed by atoms with Crippen LogP contribution in [0.25, 0.3) is 0 Å². The SMILES string of the molecule is Cc1nc(CSc2ccc(C(=O)OC(C)C(=O)NCc3ccc(F)cc3)cc2)cs1.